The second-order valence-corrected chi connectivity index (χ2v) is 4.55. The highest BCUT2D eigenvalue weighted by Gasteiger charge is 2.16. The number of anilines is 1. The molecule has 0 saturated heterocycles. The van der Waals surface area contributed by atoms with Gasteiger partial charge in [0.1, 0.15) is 11.4 Å². The monoisotopic (exact) mass is 234 g/mol. The predicted octanol–water partition coefficient (Wildman–Crippen LogP) is 2.08. The van der Waals surface area contributed by atoms with Crippen LogP contribution in [0.2, 0.25) is 0 Å². The van der Waals surface area contributed by atoms with Gasteiger partial charge >= 0.3 is 6.09 Å². The first-order valence-electron chi connectivity index (χ1n) is 5.24. The molecule has 0 aromatic carbocycles. The van der Waals surface area contributed by atoms with Crippen molar-refractivity contribution in [3.05, 3.63) is 24.7 Å². The van der Waals surface area contributed by atoms with E-state index in [-0.39, 0.29) is 0 Å². The van der Waals surface area contributed by atoms with Crippen molar-refractivity contribution in [3.8, 4) is 0 Å². The summed E-state index contributed by atoms with van der Waals surface area (Å²) >= 11 is 0. The van der Waals surface area contributed by atoms with Gasteiger partial charge in [0.15, 0.2) is 0 Å². The highest BCUT2D eigenvalue weighted by Crippen LogP contribution is 2.12. The number of rotatable bonds is 1. The molecule has 90 valence electrons. The number of hydrogen-bond acceptors (Lipinski definition) is 4. The van der Waals surface area contributed by atoms with E-state index < -0.39 is 11.7 Å². The van der Waals surface area contributed by atoms with Crippen LogP contribution in [0, 0.1) is 0 Å². The van der Waals surface area contributed by atoms with E-state index >= 15 is 0 Å². The fraction of sp³-hybridized carbons (Fsp3) is 0.364. The van der Waals surface area contributed by atoms with E-state index in [1.54, 1.807) is 29.1 Å². The lowest BCUT2D eigenvalue weighted by Crippen LogP contribution is -2.27. The summed E-state index contributed by atoms with van der Waals surface area (Å²) in [6, 6.07) is 1.68. The summed E-state index contributed by atoms with van der Waals surface area (Å²) in [6.45, 7) is 5.43. The molecule has 2 aromatic heterocycles. The van der Waals surface area contributed by atoms with Crippen LogP contribution >= 0.6 is 0 Å². The van der Waals surface area contributed by atoms with Crippen LogP contribution in [0.1, 0.15) is 20.8 Å². The third kappa shape index (κ3) is 2.72. The Labute approximate surface area is 98.6 Å². The maximum Gasteiger partial charge on any atom is 0.413 e. The van der Waals surface area contributed by atoms with Crippen LogP contribution in [0.5, 0.6) is 0 Å². The van der Waals surface area contributed by atoms with E-state index in [2.05, 4.69) is 15.3 Å². The van der Waals surface area contributed by atoms with Crippen molar-refractivity contribution in [1.82, 2.24) is 14.4 Å². The summed E-state index contributed by atoms with van der Waals surface area (Å²) < 4.78 is 6.83. The zero-order valence-electron chi connectivity index (χ0n) is 9.97. The van der Waals surface area contributed by atoms with Crippen molar-refractivity contribution in [2.75, 3.05) is 5.32 Å². The Kier molecular flexibility index (Phi) is 2.71. The Morgan fingerprint density at radius 3 is 2.76 bits per heavy atom. The van der Waals surface area contributed by atoms with Crippen LogP contribution < -0.4 is 5.32 Å². The number of fused-ring (bicyclic) bond motifs is 1. The molecule has 17 heavy (non-hydrogen) atoms. The van der Waals surface area contributed by atoms with Crippen molar-refractivity contribution >= 4 is 17.7 Å². The van der Waals surface area contributed by atoms with Crippen molar-refractivity contribution in [1.29, 1.82) is 0 Å². The minimum absolute atomic E-state index is 0.501. The fourth-order valence-electron chi connectivity index (χ4n) is 1.34. The largest absolute Gasteiger partial charge is 0.444 e. The first kappa shape index (κ1) is 11.4. The van der Waals surface area contributed by atoms with Gasteiger partial charge in [-0.25, -0.2) is 14.8 Å². The molecular formula is C11H14N4O2. The Morgan fingerprint density at radius 1 is 1.35 bits per heavy atom. The van der Waals surface area contributed by atoms with Gasteiger partial charge in [-0.1, -0.05) is 0 Å². The Bertz CT molecular complexity index is 542. The van der Waals surface area contributed by atoms with Crippen molar-refractivity contribution in [2.24, 2.45) is 0 Å². The Hall–Kier alpha value is -2.11. The summed E-state index contributed by atoms with van der Waals surface area (Å²) in [5.41, 5.74) is -0.523. The van der Waals surface area contributed by atoms with E-state index in [4.69, 9.17) is 4.74 Å². The summed E-state index contributed by atoms with van der Waals surface area (Å²) in [6.07, 6.45) is 4.41. The molecule has 1 amide bonds. The number of carbonyl (C=O) groups excluding carboxylic acids is 1. The molecule has 2 aromatic rings. The highest BCUT2D eigenvalue weighted by atomic mass is 16.6. The van der Waals surface area contributed by atoms with E-state index in [9.17, 15) is 4.79 Å². The Balaban J connectivity index is 2.18. The van der Waals surface area contributed by atoms with E-state index in [1.807, 2.05) is 20.8 Å². The molecule has 0 aliphatic carbocycles. The van der Waals surface area contributed by atoms with Crippen LogP contribution in [0.4, 0.5) is 10.6 Å². The van der Waals surface area contributed by atoms with Crippen LogP contribution in [0.3, 0.4) is 0 Å². The molecule has 0 aliphatic heterocycles. The highest BCUT2D eigenvalue weighted by molar-refractivity contribution is 5.84. The second kappa shape index (κ2) is 4.04. The lowest BCUT2D eigenvalue weighted by atomic mass is 10.2. The van der Waals surface area contributed by atoms with Crippen molar-refractivity contribution < 1.29 is 9.53 Å². The first-order valence-corrected chi connectivity index (χ1v) is 5.24. The molecule has 0 bridgehead atoms. The standard InChI is InChI=1S/C11H14N4O2/c1-11(2,3)17-10(16)14-8-4-5-12-9-13-6-7-15(8)9/h4-7H,1-3H3,(H,14,16). The zero-order valence-corrected chi connectivity index (χ0v) is 9.97. The normalized spacial score (nSPS) is 11.5. The molecule has 2 rings (SSSR count). The quantitative estimate of drug-likeness (QED) is 0.820. The number of nitrogens with zero attached hydrogens (tertiary/aromatic N) is 3. The first-order chi connectivity index (χ1) is 7.96. The summed E-state index contributed by atoms with van der Waals surface area (Å²) in [4.78, 5) is 19.7. The van der Waals surface area contributed by atoms with Gasteiger partial charge < -0.3 is 4.74 Å². The van der Waals surface area contributed by atoms with Gasteiger partial charge in [0.05, 0.1) is 0 Å². The van der Waals surface area contributed by atoms with Crippen molar-refractivity contribution in [3.63, 3.8) is 0 Å². The molecular weight excluding hydrogens is 220 g/mol. The maximum atomic E-state index is 11.6. The average molecular weight is 234 g/mol. The third-order valence-electron chi connectivity index (χ3n) is 1.93. The van der Waals surface area contributed by atoms with Gasteiger partial charge in [0.25, 0.3) is 0 Å². The number of carbonyl (C=O) groups is 1. The molecule has 0 saturated carbocycles. The number of nitrogens with one attached hydrogen (secondary N) is 1. The van der Waals surface area contributed by atoms with Gasteiger partial charge in [0.2, 0.25) is 5.78 Å². The SMILES string of the molecule is CC(C)(C)OC(=O)Nc1ccnc2nccn12. The molecule has 0 unspecified atom stereocenters. The topological polar surface area (TPSA) is 68.5 Å². The van der Waals surface area contributed by atoms with Crippen molar-refractivity contribution in [2.45, 2.75) is 26.4 Å². The second-order valence-electron chi connectivity index (χ2n) is 4.55. The molecule has 0 aliphatic rings. The number of aromatic nitrogens is 3. The van der Waals surface area contributed by atoms with E-state index in [0.717, 1.165) is 0 Å². The van der Waals surface area contributed by atoms with E-state index in [1.165, 1.54) is 0 Å². The maximum absolute atomic E-state index is 11.6. The van der Waals surface area contributed by atoms with Gasteiger partial charge in [-0.3, -0.25) is 9.72 Å². The minimum Gasteiger partial charge on any atom is -0.444 e. The third-order valence-corrected chi connectivity index (χ3v) is 1.93. The molecule has 6 nitrogen and oxygen atoms in total. The molecule has 0 spiro atoms. The molecule has 1 N–H and O–H groups in total. The van der Waals surface area contributed by atoms with E-state index in [0.29, 0.717) is 11.6 Å². The molecule has 2 heterocycles. The molecule has 0 atom stereocenters. The lowest BCUT2D eigenvalue weighted by molar-refractivity contribution is 0.0635. The summed E-state index contributed by atoms with van der Waals surface area (Å²) in [5.74, 6) is 1.10. The van der Waals surface area contributed by atoms with Gasteiger partial charge in [0, 0.05) is 18.6 Å². The number of imidazole rings is 1. The Morgan fingerprint density at radius 2 is 2.06 bits per heavy atom. The van der Waals surface area contributed by atoms with Gasteiger partial charge in [-0.2, -0.15) is 0 Å². The smallest absolute Gasteiger partial charge is 0.413 e. The van der Waals surface area contributed by atoms with Crippen LogP contribution in [-0.4, -0.2) is 26.1 Å². The number of ether oxygens (including phenoxy) is 1. The van der Waals surface area contributed by atoms with Crippen LogP contribution in [0.15, 0.2) is 24.7 Å². The van der Waals surface area contributed by atoms with Crippen LogP contribution in [-0.2, 0) is 4.74 Å². The van der Waals surface area contributed by atoms with Crippen LogP contribution in [0.25, 0.3) is 5.78 Å². The van der Waals surface area contributed by atoms with Gasteiger partial charge in [-0.05, 0) is 26.8 Å². The fourth-order valence-corrected chi connectivity index (χ4v) is 1.34. The van der Waals surface area contributed by atoms with Gasteiger partial charge in [-0.15, -0.1) is 0 Å². The zero-order chi connectivity index (χ0) is 12.5. The summed E-state index contributed by atoms with van der Waals surface area (Å²) in [7, 11) is 0. The average Bonchev–Trinajstić information content (AvgIpc) is 2.63. The summed E-state index contributed by atoms with van der Waals surface area (Å²) in [5, 5.41) is 2.65. The lowest BCUT2D eigenvalue weighted by Gasteiger charge is -2.19. The number of amides is 1. The molecule has 0 fully saturated rings. The number of hydrogen-bond donors (Lipinski definition) is 1. The minimum atomic E-state index is -0.523. The molecule has 0 radical (unpaired) electrons. The molecule has 6 heteroatoms. The predicted molar refractivity (Wildman–Crippen MR) is 62.8 cm³/mol.